The summed E-state index contributed by atoms with van der Waals surface area (Å²) in [6.07, 6.45) is 11.4. The van der Waals surface area contributed by atoms with Crippen molar-refractivity contribution in [2.24, 2.45) is 17.3 Å². The van der Waals surface area contributed by atoms with Crippen LogP contribution in [-0.2, 0) is 0 Å². The Morgan fingerprint density at radius 1 is 1.45 bits per heavy atom. The molecule has 3 aliphatic rings. The molecular formula is C11H14. The Morgan fingerprint density at radius 3 is 3.18 bits per heavy atom. The minimum Gasteiger partial charge on any atom is -0.0873 e. The molecule has 0 aromatic rings. The third kappa shape index (κ3) is 0.535. The van der Waals surface area contributed by atoms with E-state index in [1.54, 1.807) is 5.57 Å². The van der Waals surface area contributed by atoms with Crippen molar-refractivity contribution in [3.05, 3.63) is 23.8 Å². The molecular weight excluding hydrogens is 132 g/mol. The highest BCUT2D eigenvalue weighted by molar-refractivity contribution is 5.33. The second-order valence-electron chi connectivity index (χ2n) is 4.47. The molecule has 2 bridgehead atoms. The van der Waals surface area contributed by atoms with Crippen LogP contribution in [0.2, 0.25) is 0 Å². The lowest BCUT2D eigenvalue weighted by molar-refractivity contribution is 0.249. The van der Waals surface area contributed by atoms with Crippen LogP contribution in [0.5, 0.6) is 0 Å². The van der Waals surface area contributed by atoms with Crippen LogP contribution in [0.25, 0.3) is 0 Å². The second-order valence-corrected chi connectivity index (χ2v) is 4.47. The zero-order chi connectivity index (χ0) is 7.47. The predicted octanol–water partition coefficient (Wildman–Crippen LogP) is 2.92. The van der Waals surface area contributed by atoms with Crippen LogP contribution < -0.4 is 0 Å². The molecule has 0 nitrogen and oxygen atoms in total. The molecule has 1 saturated carbocycles. The number of allylic oxidation sites excluding steroid dienone is 4. The Kier molecular flexibility index (Phi) is 0.894. The fraction of sp³-hybridized carbons (Fsp3) is 0.636. The molecule has 0 radical (unpaired) electrons. The smallest absolute Gasteiger partial charge is 0.00439 e. The summed E-state index contributed by atoms with van der Waals surface area (Å²) < 4.78 is 0. The molecule has 0 amide bonds. The predicted molar refractivity (Wildman–Crippen MR) is 46.2 cm³/mol. The molecule has 0 aromatic heterocycles. The summed E-state index contributed by atoms with van der Waals surface area (Å²) >= 11 is 0. The molecule has 0 spiro atoms. The van der Waals surface area contributed by atoms with E-state index in [4.69, 9.17) is 0 Å². The van der Waals surface area contributed by atoms with Gasteiger partial charge >= 0.3 is 0 Å². The average Bonchev–Trinajstić information content (AvgIpc) is 2.54. The van der Waals surface area contributed by atoms with Crippen LogP contribution in [0, 0.1) is 17.3 Å². The molecule has 3 aliphatic carbocycles. The highest BCUT2D eigenvalue weighted by atomic mass is 14.5. The molecule has 3 atom stereocenters. The zero-order valence-electron chi connectivity index (χ0n) is 7.01. The third-order valence-corrected chi connectivity index (χ3v) is 4.07. The van der Waals surface area contributed by atoms with Gasteiger partial charge in [-0.05, 0) is 36.5 Å². The van der Waals surface area contributed by atoms with Crippen LogP contribution in [0.15, 0.2) is 23.8 Å². The first kappa shape index (κ1) is 6.05. The van der Waals surface area contributed by atoms with Crippen LogP contribution in [0.1, 0.15) is 26.2 Å². The summed E-state index contributed by atoms with van der Waals surface area (Å²) in [7, 11) is 0. The summed E-state index contributed by atoms with van der Waals surface area (Å²) in [6.45, 7) is 2.45. The molecule has 0 N–H and O–H groups in total. The number of hydrogen-bond donors (Lipinski definition) is 0. The summed E-state index contributed by atoms with van der Waals surface area (Å²) in [5.41, 5.74) is 2.34. The van der Waals surface area contributed by atoms with Crippen molar-refractivity contribution in [2.45, 2.75) is 26.2 Å². The normalized spacial score (nSPS) is 51.5. The largest absolute Gasteiger partial charge is 0.0873 e. The molecule has 0 aliphatic heterocycles. The van der Waals surface area contributed by atoms with Gasteiger partial charge in [-0.3, -0.25) is 0 Å². The topological polar surface area (TPSA) is 0 Å². The van der Waals surface area contributed by atoms with E-state index in [1.165, 1.54) is 19.3 Å². The first-order chi connectivity index (χ1) is 5.31. The summed E-state index contributed by atoms with van der Waals surface area (Å²) in [5, 5.41) is 0. The van der Waals surface area contributed by atoms with Gasteiger partial charge in [-0.2, -0.15) is 0 Å². The quantitative estimate of drug-likeness (QED) is 0.461. The average molecular weight is 146 g/mol. The second kappa shape index (κ2) is 1.63. The molecule has 0 heteroatoms. The van der Waals surface area contributed by atoms with E-state index in [9.17, 15) is 0 Å². The van der Waals surface area contributed by atoms with Crippen LogP contribution >= 0.6 is 0 Å². The maximum Gasteiger partial charge on any atom is -0.00439 e. The van der Waals surface area contributed by atoms with E-state index < -0.39 is 0 Å². The lowest BCUT2D eigenvalue weighted by Crippen LogP contribution is -2.24. The molecule has 1 fully saturated rings. The van der Waals surface area contributed by atoms with Gasteiger partial charge < -0.3 is 0 Å². The van der Waals surface area contributed by atoms with Crippen LogP contribution in [0.3, 0.4) is 0 Å². The molecule has 3 unspecified atom stereocenters. The van der Waals surface area contributed by atoms with E-state index in [0.717, 1.165) is 11.8 Å². The number of hydrogen-bond acceptors (Lipinski definition) is 0. The minimum atomic E-state index is 0.573. The van der Waals surface area contributed by atoms with Crippen molar-refractivity contribution in [2.75, 3.05) is 0 Å². The van der Waals surface area contributed by atoms with Crippen molar-refractivity contribution >= 4 is 0 Å². The van der Waals surface area contributed by atoms with Gasteiger partial charge in [0, 0.05) is 0 Å². The van der Waals surface area contributed by atoms with E-state index in [1.807, 2.05) is 0 Å². The van der Waals surface area contributed by atoms with Crippen LogP contribution in [-0.4, -0.2) is 0 Å². The van der Waals surface area contributed by atoms with E-state index in [-0.39, 0.29) is 0 Å². The maximum absolute atomic E-state index is 2.49. The zero-order valence-corrected chi connectivity index (χ0v) is 7.01. The Morgan fingerprint density at radius 2 is 2.36 bits per heavy atom. The SMILES string of the molecule is CC12C=CCC1C1=CCC2C1. The van der Waals surface area contributed by atoms with Crippen molar-refractivity contribution < 1.29 is 0 Å². The summed E-state index contributed by atoms with van der Waals surface area (Å²) in [4.78, 5) is 0. The summed E-state index contributed by atoms with van der Waals surface area (Å²) in [6, 6.07) is 0. The van der Waals surface area contributed by atoms with Gasteiger partial charge in [-0.15, -0.1) is 0 Å². The first-order valence-electron chi connectivity index (χ1n) is 4.67. The molecule has 3 rings (SSSR count). The van der Waals surface area contributed by atoms with Crippen molar-refractivity contribution in [3.63, 3.8) is 0 Å². The Hall–Kier alpha value is -0.520. The number of rotatable bonds is 0. The molecule has 11 heavy (non-hydrogen) atoms. The molecule has 0 saturated heterocycles. The Labute approximate surface area is 68.0 Å². The summed E-state index contributed by atoms with van der Waals surface area (Å²) in [5.74, 6) is 1.86. The Balaban J connectivity index is 2.14. The van der Waals surface area contributed by atoms with Gasteiger partial charge in [-0.1, -0.05) is 30.7 Å². The number of fused-ring (bicyclic) bond motifs is 5. The minimum absolute atomic E-state index is 0.573. The lowest BCUT2D eigenvalue weighted by Gasteiger charge is -2.31. The van der Waals surface area contributed by atoms with E-state index in [2.05, 4.69) is 25.2 Å². The fourth-order valence-electron chi connectivity index (χ4n) is 3.30. The standard InChI is InChI=1S/C11H14/c1-11-6-2-3-10(11)8-4-5-9(11)7-8/h2,4,6,9-10H,3,5,7H2,1H3. The maximum atomic E-state index is 2.49. The molecule has 0 heterocycles. The van der Waals surface area contributed by atoms with Gasteiger partial charge in [0.2, 0.25) is 0 Å². The molecule has 58 valence electrons. The first-order valence-corrected chi connectivity index (χ1v) is 4.67. The highest BCUT2D eigenvalue weighted by Gasteiger charge is 2.51. The monoisotopic (exact) mass is 146 g/mol. The third-order valence-electron chi connectivity index (χ3n) is 4.07. The van der Waals surface area contributed by atoms with Gasteiger partial charge in [0.15, 0.2) is 0 Å². The van der Waals surface area contributed by atoms with E-state index in [0.29, 0.717) is 5.41 Å². The van der Waals surface area contributed by atoms with Gasteiger partial charge in [0.25, 0.3) is 0 Å². The van der Waals surface area contributed by atoms with E-state index >= 15 is 0 Å². The Bertz CT molecular complexity index is 259. The fourth-order valence-corrected chi connectivity index (χ4v) is 3.30. The van der Waals surface area contributed by atoms with Crippen LogP contribution in [0.4, 0.5) is 0 Å². The highest BCUT2D eigenvalue weighted by Crippen LogP contribution is 2.60. The van der Waals surface area contributed by atoms with Gasteiger partial charge in [-0.25, -0.2) is 0 Å². The molecule has 0 aromatic carbocycles. The van der Waals surface area contributed by atoms with Gasteiger partial charge in [0.05, 0.1) is 0 Å². The van der Waals surface area contributed by atoms with Gasteiger partial charge in [0.1, 0.15) is 0 Å². The van der Waals surface area contributed by atoms with Crippen molar-refractivity contribution in [1.29, 1.82) is 0 Å². The van der Waals surface area contributed by atoms with Crippen molar-refractivity contribution in [1.82, 2.24) is 0 Å². The lowest BCUT2D eigenvalue weighted by atomic mass is 9.72. The van der Waals surface area contributed by atoms with Crippen molar-refractivity contribution in [3.8, 4) is 0 Å².